The Balaban J connectivity index is 1.73. The lowest BCUT2D eigenvalue weighted by Crippen LogP contribution is -2.49. The number of hydrogen-bond acceptors (Lipinski definition) is 6. The molecule has 1 fully saturated rings. The number of methoxy groups -OCH3 is 2. The summed E-state index contributed by atoms with van der Waals surface area (Å²) in [7, 11) is 3.12. The number of nitrogens with one attached hydrogen (secondary N) is 1. The maximum atomic E-state index is 12.7. The van der Waals surface area contributed by atoms with Crippen molar-refractivity contribution < 1.29 is 28.6 Å². The van der Waals surface area contributed by atoms with Crippen molar-refractivity contribution in [1.29, 1.82) is 0 Å². The van der Waals surface area contributed by atoms with Gasteiger partial charge in [-0.1, -0.05) is 0 Å². The van der Waals surface area contributed by atoms with Crippen LogP contribution in [0.15, 0.2) is 18.2 Å². The van der Waals surface area contributed by atoms with Gasteiger partial charge in [0.25, 0.3) is 0 Å². The lowest BCUT2D eigenvalue weighted by molar-refractivity contribution is -0.139. The number of ether oxygens (including phenoxy) is 3. The highest BCUT2D eigenvalue weighted by Crippen LogP contribution is 2.41. The van der Waals surface area contributed by atoms with Crippen LogP contribution in [-0.2, 0) is 14.3 Å². The highest BCUT2D eigenvalue weighted by molar-refractivity contribution is 6.00. The Labute approximate surface area is 170 Å². The highest BCUT2D eigenvalue weighted by atomic mass is 16.5. The van der Waals surface area contributed by atoms with E-state index in [0.29, 0.717) is 49.6 Å². The monoisotopic (exact) mass is 404 g/mol. The zero-order chi connectivity index (χ0) is 21.0. The first-order chi connectivity index (χ1) is 13.9. The molecule has 2 atom stereocenters. The molecule has 2 amide bonds. The maximum Gasteiger partial charge on any atom is 0.242 e. The lowest BCUT2D eigenvalue weighted by atomic mass is 9.84. The van der Waals surface area contributed by atoms with Crippen LogP contribution in [0.4, 0.5) is 0 Å². The Kier molecular flexibility index (Phi) is 6.42. The van der Waals surface area contributed by atoms with Gasteiger partial charge in [-0.25, -0.2) is 0 Å². The van der Waals surface area contributed by atoms with Crippen LogP contribution in [0.5, 0.6) is 11.5 Å². The molecule has 2 aliphatic heterocycles. The first kappa shape index (κ1) is 21.1. The first-order valence-corrected chi connectivity index (χ1v) is 9.85. The van der Waals surface area contributed by atoms with Gasteiger partial charge in [0.15, 0.2) is 5.78 Å². The van der Waals surface area contributed by atoms with Gasteiger partial charge in [-0.15, -0.1) is 0 Å². The van der Waals surface area contributed by atoms with Gasteiger partial charge in [0.05, 0.1) is 25.7 Å². The number of hydrogen-bond donors (Lipinski definition) is 1. The fraction of sp³-hybridized carbons (Fsp3) is 0.571. The summed E-state index contributed by atoms with van der Waals surface area (Å²) >= 11 is 0. The van der Waals surface area contributed by atoms with E-state index in [4.69, 9.17) is 14.2 Å². The normalized spacial score (nSPS) is 22.5. The number of carbonyl (C=O) groups excluding carboxylic acids is 3. The van der Waals surface area contributed by atoms with Crippen LogP contribution in [0.1, 0.15) is 43.0 Å². The molecule has 2 aliphatic rings. The van der Waals surface area contributed by atoms with Gasteiger partial charge in [-0.2, -0.15) is 0 Å². The van der Waals surface area contributed by atoms with Gasteiger partial charge in [0.1, 0.15) is 23.1 Å². The summed E-state index contributed by atoms with van der Waals surface area (Å²) in [6.07, 6.45) is 1.36. The number of likely N-dealkylation sites (tertiary alicyclic amines) is 1. The molecular weight excluding hydrogens is 376 g/mol. The number of fused-ring (bicyclic) bond motifs is 1. The zero-order valence-electron chi connectivity index (χ0n) is 17.2. The summed E-state index contributed by atoms with van der Waals surface area (Å²) in [5.41, 5.74) is -0.206. The van der Waals surface area contributed by atoms with Crippen LogP contribution < -0.4 is 14.8 Å². The Morgan fingerprint density at radius 1 is 1.31 bits per heavy atom. The molecule has 158 valence electrons. The minimum atomic E-state index is -0.743. The van der Waals surface area contributed by atoms with Crippen molar-refractivity contribution in [2.24, 2.45) is 0 Å². The minimum absolute atomic E-state index is 0.000147. The summed E-state index contributed by atoms with van der Waals surface area (Å²) in [5.74, 6) is 0.777. The van der Waals surface area contributed by atoms with Gasteiger partial charge in [0, 0.05) is 39.1 Å². The summed E-state index contributed by atoms with van der Waals surface area (Å²) in [5, 5.41) is 2.77. The average Bonchev–Trinajstić information content (AvgIpc) is 2.86. The van der Waals surface area contributed by atoms with Crippen molar-refractivity contribution in [2.45, 2.75) is 44.2 Å². The Morgan fingerprint density at radius 2 is 2.10 bits per heavy atom. The van der Waals surface area contributed by atoms with Crippen molar-refractivity contribution >= 4 is 17.6 Å². The van der Waals surface area contributed by atoms with Gasteiger partial charge in [-0.05, 0) is 25.5 Å². The smallest absolute Gasteiger partial charge is 0.242 e. The Hall–Kier alpha value is -2.61. The second-order valence-corrected chi connectivity index (χ2v) is 7.54. The molecule has 8 heteroatoms. The fourth-order valence-corrected chi connectivity index (χ4v) is 3.91. The number of amides is 2. The van der Waals surface area contributed by atoms with Crippen molar-refractivity contribution in [3.8, 4) is 11.5 Å². The number of Topliss-reactive ketones (excluding diaryl/α,β-unsaturated/α-hetero) is 1. The third-order valence-corrected chi connectivity index (χ3v) is 5.67. The Bertz CT molecular complexity index is 795. The van der Waals surface area contributed by atoms with E-state index >= 15 is 0 Å². The molecule has 1 N–H and O–H groups in total. The first-order valence-electron chi connectivity index (χ1n) is 9.85. The van der Waals surface area contributed by atoms with Crippen LogP contribution in [0.25, 0.3) is 0 Å². The van der Waals surface area contributed by atoms with Crippen LogP contribution in [0.3, 0.4) is 0 Å². The van der Waals surface area contributed by atoms with Crippen LogP contribution in [0, 0.1) is 0 Å². The molecule has 0 aromatic heterocycles. The summed E-state index contributed by atoms with van der Waals surface area (Å²) in [6.45, 7) is 2.87. The predicted molar refractivity (Wildman–Crippen MR) is 105 cm³/mol. The Morgan fingerprint density at radius 3 is 2.83 bits per heavy atom. The molecule has 0 radical (unpaired) electrons. The standard InChI is InChI=1S/C21H28N2O6/c1-14(20(26)22-9-11-27-2)23-10-8-21(7-6-19(23)25)13-17(24)16-5-4-15(28-3)12-18(16)29-21/h4-5,12,14H,6-11,13H2,1-3H3,(H,22,26)/t14-,21-/m0/s1. The van der Waals surface area contributed by atoms with E-state index in [1.54, 1.807) is 44.2 Å². The molecule has 1 spiro atoms. The second-order valence-electron chi connectivity index (χ2n) is 7.54. The highest BCUT2D eigenvalue weighted by Gasteiger charge is 2.44. The topological polar surface area (TPSA) is 94.2 Å². The fourth-order valence-electron chi connectivity index (χ4n) is 3.91. The number of ketones is 1. The second kappa shape index (κ2) is 8.82. The number of benzene rings is 1. The molecule has 2 heterocycles. The quantitative estimate of drug-likeness (QED) is 0.724. The van der Waals surface area contributed by atoms with Crippen LogP contribution >= 0.6 is 0 Å². The average molecular weight is 404 g/mol. The predicted octanol–water partition coefficient (Wildman–Crippen LogP) is 1.56. The number of nitrogens with zero attached hydrogens (tertiary/aromatic N) is 1. The molecule has 0 bridgehead atoms. The third-order valence-electron chi connectivity index (χ3n) is 5.67. The molecular formula is C21H28N2O6. The SMILES string of the molecule is COCCNC(=O)[C@H](C)N1CC[C@@]2(CCC1=O)CC(=O)c1ccc(OC)cc1O2. The van der Waals surface area contributed by atoms with Crippen molar-refractivity contribution in [1.82, 2.24) is 10.2 Å². The van der Waals surface area contributed by atoms with Crippen LogP contribution in [0.2, 0.25) is 0 Å². The summed E-state index contributed by atoms with van der Waals surface area (Å²) < 4.78 is 16.5. The van der Waals surface area contributed by atoms with E-state index in [9.17, 15) is 14.4 Å². The van der Waals surface area contributed by atoms with Gasteiger partial charge >= 0.3 is 0 Å². The van der Waals surface area contributed by atoms with E-state index in [-0.39, 0.29) is 30.4 Å². The van der Waals surface area contributed by atoms with E-state index in [0.717, 1.165) is 0 Å². The largest absolute Gasteiger partial charge is 0.497 e. The van der Waals surface area contributed by atoms with Gasteiger partial charge in [-0.3, -0.25) is 14.4 Å². The molecule has 3 rings (SSSR count). The van der Waals surface area contributed by atoms with Crippen LogP contribution in [-0.4, -0.2) is 68.1 Å². The zero-order valence-corrected chi connectivity index (χ0v) is 17.2. The maximum absolute atomic E-state index is 12.7. The number of rotatable bonds is 6. The van der Waals surface area contributed by atoms with Crippen molar-refractivity contribution in [2.75, 3.05) is 33.9 Å². The van der Waals surface area contributed by atoms with Crippen molar-refractivity contribution in [3.05, 3.63) is 23.8 Å². The molecule has 8 nitrogen and oxygen atoms in total. The van der Waals surface area contributed by atoms with Crippen molar-refractivity contribution in [3.63, 3.8) is 0 Å². The molecule has 1 aromatic rings. The third kappa shape index (κ3) is 4.53. The summed E-state index contributed by atoms with van der Waals surface area (Å²) in [4.78, 5) is 39.4. The van der Waals surface area contributed by atoms with E-state index < -0.39 is 11.6 Å². The minimum Gasteiger partial charge on any atom is -0.497 e. The molecule has 0 unspecified atom stereocenters. The summed E-state index contributed by atoms with van der Waals surface area (Å²) in [6, 6.07) is 4.57. The lowest BCUT2D eigenvalue weighted by Gasteiger charge is -2.37. The van der Waals surface area contributed by atoms with E-state index in [1.807, 2.05) is 0 Å². The van der Waals surface area contributed by atoms with Gasteiger partial charge < -0.3 is 24.4 Å². The molecule has 29 heavy (non-hydrogen) atoms. The van der Waals surface area contributed by atoms with Gasteiger partial charge in [0.2, 0.25) is 11.8 Å². The molecule has 1 aromatic carbocycles. The molecule has 0 saturated carbocycles. The molecule has 1 saturated heterocycles. The number of carbonyl (C=O) groups is 3. The van der Waals surface area contributed by atoms with E-state index in [2.05, 4.69) is 5.32 Å². The van der Waals surface area contributed by atoms with E-state index in [1.165, 1.54) is 0 Å². The molecule has 0 aliphatic carbocycles.